The van der Waals surface area contributed by atoms with Crippen molar-refractivity contribution in [1.29, 1.82) is 0 Å². The molecule has 104 valence electrons. The van der Waals surface area contributed by atoms with Crippen molar-refractivity contribution in [3.8, 4) is 0 Å². The first-order valence-corrected chi connectivity index (χ1v) is 5.59. The fourth-order valence-electron chi connectivity index (χ4n) is 1.53. The predicted octanol–water partition coefficient (Wildman–Crippen LogP) is -1.96. The Balaban J connectivity index is 2.33. The summed E-state index contributed by atoms with van der Waals surface area (Å²) in [5.41, 5.74) is 5.75. The highest BCUT2D eigenvalue weighted by Gasteiger charge is 2.13. The van der Waals surface area contributed by atoms with E-state index in [1.165, 1.54) is 22.5 Å². The van der Waals surface area contributed by atoms with Crippen molar-refractivity contribution in [3.05, 3.63) is 16.7 Å². The molecule has 9 heteroatoms. The van der Waals surface area contributed by atoms with Gasteiger partial charge >= 0.3 is 0 Å². The molecule has 0 aliphatic carbocycles. The smallest absolute Gasteiger partial charge is 0.282 e. The molecule has 0 aliphatic heterocycles. The summed E-state index contributed by atoms with van der Waals surface area (Å²) in [6.07, 6.45) is 0.700. The lowest BCUT2D eigenvalue weighted by Gasteiger charge is -2.13. The van der Waals surface area contributed by atoms with Crippen molar-refractivity contribution in [2.24, 2.45) is 7.05 Å². The lowest BCUT2D eigenvalue weighted by atomic mass is 10.4. The van der Waals surface area contributed by atoms with Gasteiger partial charge < -0.3 is 20.7 Å². The number of aliphatic hydroxyl groups is 2. The van der Waals surface area contributed by atoms with Crippen LogP contribution in [0.2, 0.25) is 0 Å². The van der Waals surface area contributed by atoms with Crippen LogP contribution in [0, 0.1) is 0 Å². The van der Waals surface area contributed by atoms with E-state index in [4.69, 9.17) is 20.7 Å². The van der Waals surface area contributed by atoms with Gasteiger partial charge in [0.15, 0.2) is 11.2 Å². The van der Waals surface area contributed by atoms with Gasteiger partial charge in [0, 0.05) is 7.05 Å². The zero-order chi connectivity index (χ0) is 14.0. The molecular formula is C10H15N5O4. The van der Waals surface area contributed by atoms with Gasteiger partial charge in [-0.25, -0.2) is 4.98 Å². The summed E-state index contributed by atoms with van der Waals surface area (Å²) in [7, 11) is 1.51. The van der Waals surface area contributed by atoms with Crippen molar-refractivity contribution in [2.75, 3.05) is 18.9 Å². The number of anilines is 1. The summed E-state index contributed by atoms with van der Waals surface area (Å²) in [5.74, 6) is 0.0696. The monoisotopic (exact) mass is 269 g/mol. The summed E-state index contributed by atoms with van der Waals surface area (Å²) in [6, 6.07) is 0. The average Bonchev–Trinajstić information content (AvgIpc) is 2.80. The van der Waals surface area contributed by atoms with Gasteiger partial charge in [0.05, 0.1) is 19.5 Å². The zero-order valence-corrected chi connectivity index (χ0v) is 10.4. The number of nitrogens with zero attached hydrogens (tertiary/aromatic N) is 4. The molecule has 0 amide bonds. The minimum absolute atomic E-state index is 0.00188. The molecule has 0 fully saturated rings. The number of nitrogens with two attached hydrogens (primary N) is 1. The molecular weight excluding hydrogens is 254 g/mol. The van der Waals surface area contributed by atoms with Crippen LogP contribution in [0.5, 0.6) is 0 Å². The van der Waals surface area contributed by atoms with E-state index in [9.17, 15) is 4.79 Å². The molecule has 2 aromatic rings. The van der Waals surface area contributed by atoms with Crippen LogP contribution in [0.4, 0.5) is 5.95 Å². The molecule has 2 aromatic heterocycles. The van der Waals surface area contributed by atoms with Crippen LogP contribution in [-0.2, 0) is 18.5 Å². The Hall–Kier alpha value is -1.97. The fourth-order valence-corrected chi connectivity index (χ4v) is 1.53. The Bertz CT molecular complexity index is 631. The number of hydrogen-bond acceptors (Lipinski definition) is 7. The molecule has 0 bridgehead atoms. The van der Waals surface area contributed by atoms with Crippen LogP contribution in [0.1, 0.15) is 0 Å². The summed E-state index contributed by atoms with van der Waals surface area (Å²) in [6.45, 7) is -0.608. The van der Waals surface area contributed by atoms with Gasteiger partial charge in [0.1, 0.15) is 12.8 Å². The zero-order valence-electron chi connectivity index (χ0n) is 10.4. The summed E-state index contributed by atoms with van der Waals surface area (Å²) < 4.78 is 7.91. The molecule has 4 N–H and O–H groups in total. The average molecular weight is 269 g/mol. The molecule has 0 unspecified atom stereocenters. The summed E-state index contributed by atoms with van der Waals surface area (Å²) in [4.78, 5) is 19.9. The minimum atomic E-state index is -0.693. The third kappa shape index (κ3) is 2.43. The molecule has 0 aromatic carbocycles. The maximum absolute atomic E-state index is 11.9. The Morgan fingerprint density at radius 1 is 1.47 bits per heavy atom. The second kappa shape index (κ2) is 5.34. The van der Waals surface area contributed by atoms with E-state index >= 15 is 0 Å². The molecule has 0 spiro atoms. The second-order valence-corrected chi connectivity index (χ2v) is 4.00. The summed E-state index contributed by atoms with van der Waals surface area (Å²) in [5, 5.41) is 17.8. The van der Waals surface area contributed by atoms with E-state index in [0.717, 1.165) is 0 Å². The maximum atomic E-state index is 11.9. The standard InChI is InChI=1S/C10H15N5O4/c1-14-9(18)7-8(13-10(14)11)15(4-12-7)5-19-6(2-16)3-17/h4,6,16-17H,2-3,5H2,1H3,(H2,11,13). The van der Waals surface area contributed by atoms with Gasteiger partial charge in [-0.3, -0.25) is 13.9 Å². The van der Waals surface area contributed by atoms with E-state index < -0.39 is 6.10 Å². The normalized spacial score (nSPS) is 11.6. The lowest BCUT2D eigenvalue weighted by molar-refractivity contribution is -0.0488. The van der Waals surface area contributed by atoms with Gasteiger partial charge in [-0.1, -0.05) is 0 Å². The number of rotatable bonds is 5. The number of ether oxygens (including phenoxy) is 1. The van der Waals surface area contributed by atoms with Crippen LogP contribution in [0.25, 0.3) is 11.2 Å². The van der Waals surface area contributed by atoms with Crippen LogP contribution >= 0.6 is 0 Å². The number of fused-ring (bicyclic) bond motifs is 1. The molecule has 2 heterocycles. The Morgan fingerprint density at radius 3 is 2.79 bits per heavy atom. The van der Waals surface area contributed by atoms with Gasteiger partial charge in [-0.15, -0.1) is 0 Å². The van der Waals surface area contributed by atoms with Gasteiger partial charge in [-0.05, 0) is 0 Å². The van der Waals surface area contributed by atoms with E-state index in [2.05, 4.69) is 9.97 Å². The van der Waals surface area contributed by atoms with Crippen molar-refractivity contribution in [2.45, 2.75) is 12.8 Å². The van der Waals surface area contributed by atoms with Crippen molar-refractivity contribution >= 4 is 17.1 Å². The molecule has 9 nitrogen and oxygen atoms in total. The van der Waals surface area contributed by atoms with E-state index in [-0.39, 0.29) is 37.0 Å². The van der Waals surface area contributed by atoms with E-state index in [0.29, 0.717) is 5.65 Å². The number of nitrogen functional groups attached to an aromatic ring is 1. The first kappa shape index (κ1) is 13.5. The Morgan fingerprint density at radius 2 is 2.16 bits per heavy atom. The van der Waals surface area contributed by atoms with Crippen LogP contribution in [0.3, 0.4) is 0 Å². The molecule has 19 heavy (non-hydrogen) atoms. The second-order valence-electron chi connectivity index (χ2n) is 4.00. The molecule has 2 rings (SSSR count). The summed E-state index contributed by atoms with van der Waals surface area (Å²) >= 11 is 0. The van der Waals surface area contributed by atoms with Gasteiger partial charge in [0.25, 0.3) is 5.56 Å². The minimum Gasteiger partial charge on any atom is -0.394 e. The SMILES string of the molecule is Cn1c(N)nc2c(ncn2COC(CO)CO)c1=O. The van der Waals surface area contributed by atoms with Crippen LogP contribution in [-0.4, -0.2) is 48.6 Å². The molecule has 0 radical (unpaired) electrons. The van der Waals surface area contributed by atoms with Crippen LogP contribution < -0.4 is 11.3 Å². The number of aliphatic hydroxyl groups excluding tert-OH is 2. The highest BCUT2D eigenvalue weighted by atomic mass is 16.5. The lowest BCUT2D eigenvalue weighted by Crippen LogP contribution is -2.24. The fraction of sp³-hybridized carbons (Fsp3) is 0.500. The Kier molecular flexibility index (Phi) is 3.79. The quantitative estimate of drug-likeness (QED) is 0.574. The number of hydrogen-bond donors (Lipinski definition) is 3. The maximum Gasteiger partial charge on any atom is 0.282 e. The molecule has 0 atom stereocenters. The third-order valence-electron chi connectivity index (χ3n) is 2.74. The highest BCUT2D eigenvalue weighted by molar-refractivity contribution is 5.70. The Labute approximate surface area is 107 Å². The van der Waals surface area contributed by atoms with Crippen molar-refractivity contribution in [1.82, 2.24) is 19.1 Å². The van der Waals surface area contributed by atoms with Gasteiger partial charge in [0.2, 0.25) is 5.95 Å². The van der Waals surface area contributed by atoms with Crippen molar-refractivity contribution < 1.29 is 14.9 Å². The van der Waals surface area contributed by atoms with Crippen LogP contribution in [0.15, 0.2) is 11.1 Å². The van der Waals surface area contributed by atoms with E-state index in [1.807, 2.05) is 0 Å². The van der Waals surface area contributed by atoms with E-state index in [1.54, 1.807) is 0 Å². The highest BCUT2D eigenvalue weighted by Crippen LogP contribution is 2.08. The number of imidazole rings is 1. The first-order chi connectivity index (χ1) is 9.08. The first-order valence-electron chi connectivity index (χ1n) is 5.59. The van der Waals surface area contributed by atoms with Crippen molar-refractivity contribution in [3.63, 3.8) is 0 Å². The molecule has 0 saturated carbocycles. The molecule has 0 aliphatic rings. The molecule has 0 saturated heterocycles. The number of aromatic nitrogens is 4. The van der Waals surface area contributed by atoms with Gasteiger partial charge in [-0.2, -0.15) is 4.98 Å². The largest absolute Gasteiger partial charge is 0.394 e. The topological polar surface area (TPSA) is 128 Å². The third-order valence-corrected chi connectivity index (χ3v) is 2.74. The predicted molar refractivity (Wildman–Crippen MR) is 66.2 cm³/mol.